The minimum absolute atomic E-state index is 0.210. The molecule has 0 fully saturated rings. The zero-order valence-corrected chi connectivity index (χ0v) is 11.5. The van der Waals surface area contributed by atoms with Crippen LogP contribution in [0.25, 0.3) is 0 Å². The van der Waals surface area contributed by atoms with Gasteiger partial charge in [-0.1, -0.05) is 30.2 Å². The van der Waals surface area contributed by atoms with Gasteiger partial charge < -0.3 is 0 Å². The lowest BCUT2D eigenvalue weighted by atomic mass is 10.00. The molecule has 0 rings (SSSR count). The van der Waals surface area contributed by atoms with E-state index in [2.05, 4.69) is 32.9 Å². The van der Waals surface area contributed by atoms with Crippen molar-refractivity contribution in [3.8, 4) is 0 Å². The van der Waals surface area contributed by atoms with E-state index in [0.29, 0.717) is 5.78 Å². The first-order valence-electron chi connectivity index (χ1n) is 6.23. The molecular weight excluding hydrogens is 196 g/mol. The van der Waals surface area contributed by atoms with Crippen LogP contribution < -0.4 is 0 Å². The predicted octanol–water partition coefficient (Wildman–Crippen LogP) is 4.68. The molecule has 0 bridgehead atoms. The summed E-state index contributed by atoms with van der Waals surface area (Å²) >= 11 is 0. The van der Waals surface area contributed by atoms with Crippen LogP contribution >= 0.6 is 0 Å². The average Bonchev–Trinajstić information content (AvgIpc) is 2.16. The second-order valence-electron chi connectivity index (χ2n) is 4.96. The first-order valence-corrected chi connectivity index (χ1v) is 6.23. The number of Topliss-reactive ketones (excluding diaryl/α,β-unsaturated/α-hetero) is 1. The number of hydrogen-bond acceptors (Lipinski definition) is 1. The van der Waals surface area contributed by atoms with Crippen LogP contribution in [0.5, 0.6) is 0 Å². The maximum Gasteiger partial charge on any atom is 0.132 e. The zero-order chi connectivity index (χ0) is 12.6. The molecule has 1 nitrogen and oxygen atoms in total. The van der Waals surface area contributed by atoms with Crippen LogP contribution in [0.4, 0.5) is 0 Å². The van der Waals surface area contributed by atoms with Gasteiger partial charge in [0.1, 0.15) is 5.78 Å². The Hall–Kier alpha value is -0.850. The summed E-state index contributed by atoms with van der Waals surface area (Å²) < 4.78 is 0. The minimum atomic E-state index is 0.210. The highest BCUT2D eigenvalue weighted by molar-refractivity contribution is 5.77. The van der Waals surface area contributed by atoms with E-state index in [-0.39, 0.29) is 5.92 Å². The van der Waals surface area contributed by atoms with Crippen molar-refractivity contribution < 1.29 is 4.79 Å². The van der Waals surface area contributed by atoms with Gasteiger partial charge in [0.25, 0.3) is 0 Å². The topological polar surface area (TPSA) is 17.1 Å². The fourth-order valence-electron chi connectivity index (χ4n) is 1.47. The number of carbonyl (C=O) groups is 1. The Kier molecular flexibility index (Phi) is 7.88. The molecule has 1 atom stereocenters. The summed E-state index contributed by atoms with van der Waals surface area (Å²) in [5, 5.41) is 0. The van der Waals surface area contributed by atoms with Crippen molar-refractivity contribution in [3.63, 3.8) is 0 Å². The van der Waals surface area contributed by atoms with Crippen LogP contribution in [-0.4, -0.2) is 5.78 Å². The van der Waals surface area contributed by atoms with Gasteiger partial charge in [0, 0.05) is 5.92 Å². The lowest BCUT2D eigenvalue weighted by Gasteiger charge is -2.05. The molecule has 0 aromatic carbocycles. The average molecular weight is 222 g/mol. The fraction of sp³-hybridized carbons (Fsp3) is 0.667. The van der Waals surface area contributed by atoms with Crippen LogP contribution in [-0.2, 0) is 4.79 Å². The van der Waals surface area contributed by atoms with Crippen molar-refractivity contribution in [2.24, 2.45) is 5.92 Å². The molecule has 0 heterocycles. The Bertz CT molecular complexity index is 267. The van der Waals surface area contributed by atoms with Gasteiger partial charge in [-0.3, -0.25) is 4.79 Å². The van der Waals surface area contributed by atoms with Gasteiger partial charge in [-0.05, 0) is 53.4 Å². The van der Waals surface area contributed by atoms with Crippen molar-refractivity contribution in [1.29, 1.82) is 0 Å². The maximum absolute atomic E-state index is 11.0. The molecule has 0 aromatic heterocycles. The van der Waals surface area contributed by atoms with Gasteiger partial charge in [0.05, 0.1) is 0 Å². The molecule has 0 N–H and O–H groups in total. The standard InChI is InChI=1S/C15H26O/c1-12(2)8-6-9-13(3)10-7-11-14(4)15(5)16/h8,10,14H,6-7,9,11H2,1-5H3/b13-10+/t14-/m1/s1. The van der Waals surface area contributed by atoms with Crippen LogP contribution in [0.3, 0.4) is 0 Å². The third kappa shape index (κ3) is 8.46. The molecule has 0 unspecified atom stereocenters. The molecular formula is C15H26O. The van der Waals surface area contributed by atoms with E-state index in [1.54, 1.807) is 6.92 Å². The van der Waals surface area contributed by atoms with Crippen LogP contribution in [0.2, 0.25) is 0 Å². The highest BCUT2D eigenvalue weighted by Gasteiger charge is 2.05. The Labute approximate surface area is 101 Å². The molecule has 1 heteroatoms. The normalized spacial score (nSPS) is 13.4. The van der Waals surface area contributed by atoms with Crippen LogP contribution in [0.15, 0.2) is 23.3 Å². The first-order chi connectivity index (χ1) is 7.43. The molecule has 16 heavy (non-hydrogen) atoms. The van der Waals surface area contributed by atoms with Gasteiger partial charge in [0.2, 0.25) is 0 Å². The van der Waals surface area contributed by atoms with Crippen molar-refractivity contribution in [2.75, 3.05) is 0 Å². The molecule has 0 aliphatic carbocycles. The third-order valence-corrected chi connectivity index (χ3v) is 2.88. The Morgan fingerprint density at radius 3 is 2.19 bits per heavy atom. The number of carbonyl (C=O) groups excluding carboxylic acids is 1. The molecule has 0 saturated heterocycles. The van der Waals surface area contributed by atoms with Gasteiger partial charge in [-0.25, -0.2) is 0 Å². The molecule has 0 spiro atoms. The summed E-state index contributed by atoms with van der Waals surface area (Å²) in [5.41, 5.74) is 2.83. The molecule has 0 saturated carbocycles. The van der Waals surface area contributed by atoms with Gasteiger partial charge in [-0.15, -0.1) is 0 Å². The Morgan fingerprint density at radius 2 is 1.69 bits per heavy atom. The monoisotopic (exact) mass is 222 g/mol. The van der Waals surface area contributed by atoms with Gasteiger partial charge >= 0.3 is 0 Å². The van der Waals surface area contributed by atoms with Gasteiger partial charge in [0.15, 0.2) is 0 Å². The van der Waals surface area contributed by atoms with Crippen LogP contribution in [0, 0.1) is 5.92 Å². The molecule has 0 aromatic rings. The molecule has 0 aliphatic rings. The van der Waals surface area contributed by atoms with Crippen molar-refractivity contribution >= 4 is 5.78 Å². The first kappa shape index (κ1) is 15.2. The largest absolute Gasteiger partial charge is 0.300 e. The summed E-state index contributed by atoms with van der Waals surface area (Å²) in [4.78, 5) is 11.0. The molecule has 92 valence electrons. The molecule has 0 radical (unpaired) electrons. The summed E-state index contributed by atoms with van der Waals surface area (Å²) in [6.07, 6.45) is 8.83. The van der Waals surface area contributed by atoms with Crippen molar-refractivity contribution in [3.05, 3.63) is 23.3 Å². The Morgan fingerprint density at radius 1 is 1.06 bits per heavy atom. The van der Waals surface area contributed by atoms with Crippen molar-refractivity contribution in [2.45, 2.75) is 60.3 Å². The smallest absolute Gasteiger partial charge is 0.132 e. The zero-order valence-electron chi connectivity index (χ0n) is 11.5. The van der Waals surface area contributed by atoms with E-state index < -0.39 is 0 Å². The lowest BCUT2D eigenvalue weighted by Crippen LogP contribution is -2.05. The Balaban J connectivity index is 3.79. The number of rotatable bonds is 7. The summed E-state index contributed by atoms with van der Waals surface area (Å²) in [6.45, 7) is 10.1. The summed E-state index contributed by atoms with van der Waals surface area (Å²) in [5.74, 6) is 0.512. The highest BCUT2D eigenvalue weighted by atomic mass is 16.1. The quantitative estimate of drug-likeness (QED) is 0.571. The van der Waals surface area contributed by atoms with E-state index in [1.165, 1.54) is 11.1 Å². The second-order valence-corrected chi connectivity index (χ2v) is 4.96. The lowest BCUT2D eigenvalue weighted by molar-refractivity contribution is -0.120. The molecule has 0 amide bonds. The minimum Gasteiger partial charge on any atom is -0.300 e. The van der Waals surface area contributed by atoms with E-state index in [9.17, 15) is 4.79 Å². The third-order valence-electron chi connectivity index (χ3n) is 2.88. The fourth-order valence-corrected chi connectivity index (χ4v) is 1.47. The van der Waals surface area contributed by atoms with Gasteiger partial charge in [-0.2, -0.15) is 0 Å². The summed E-state index contributed by atoms with van der Waals surface area (Å²) in [6, 6.07) is 0. The van der Waals surface area contributed by atoms with Crippen molar-refractivity contribution in [1.82, 2.24) is 0 Å². The predicted molar refractivity (Wildman–Crippen MR) is 71.5 cm³/mol. The van der Waals surface area contributed by atoms with E-state index in [0.717, 1.165) is 25.7 Å². The van der Waals surface area contributed by atoms with E-state index >= 15 is 0 Å². The van der Waals surface area contributed by atoms with E-state index in [4.69, 9.17) is 0 Å². The second kappa shape index (κ2) is 8.32. The summed E-state index contributed by atoms with van der Waals surface area (Å²) in [7, 11) is 0. The maximum atomic E-state index is 11.0. The SMILES string of the molecule is CC(=O)[C@H](C)CC/C=C(\C)CCC=C(C)C. The number of hydrogen-bond donors (Lipinski definition) is 0. The van der Waals surface area contributed by atoms with E-state index in [1.807, 2.05) is 6.92 Å². The number of allylic oxidation sites excluding steroid dienone is 4. The van der Waals surface area contributed by atoms with Crippen LogP contribution in [0.1, 0.15) is 60.3 Å². The molecule has 0 aliphatic heterocycles. The number of ketones is 1. The highest BCUT2D eigenvalue weighted by Crippen LogP contribution is 2.12.